The van der Waals surface area contributed by atoms with Crippen molar-refractivity contribution in [3.63, 3.8) is 0 Å². The maximum atomic E-state index is 11.8. The van der Waals surface area contributed by atoms with Crippen LogP contribution in [0.5, 0.6) is 0 Å². The van der Waals surface area contributed by atoms with E-state index < -0.39 is 0 Å². The zero-order chi connectivity index (χ0) is 10.3. The zero-order valence-corrected chi connectivity index (χ0v) is 8.56. The van der Waals surface area contributed by atoms with E-state index in [1.165, 1.54) is 4.90 Å². The number of carbonyl (C=O) groups excluding carboxylic acids is 2. The highest BCUT2D eigenvalue weighted by Gasteiger charge is 2.40. The molecule has 0 aromatic rings. The fourth-order valence-electron chi connectivity index (χ4n) is 2.06. The molecule has 1 atom stereocenters. The van der Waals surface area contributed by atoms with Crippen LogP contribution in [0.4, 0.5) is 0 Å². The van der Waals surface area contributed by atoms with Crippen molar-refractivity contribution in [3.8, 4) is 0 Å². The average molecular weight is 197 g/mol. The lowest BCUT2D eigenvalue weighted by Gasteiger charge is -2.44. The quantitative estimate of drug-likeness (QED) is 0.480. The van der Waals surface area contributed by atoms with Crippen LogP contribution in [0, 0.1) is 0 Å². The topological polar surface area (TPSA) is 43.9 Å². The number of fused-ring (bicyclic) bond motifs is 1. The van der Waals surface area contributed by atoms with Crippen LogP contribution < -0.4 is 0 Å². The molecule has 78 valence electrons. The summed E-state index contributed by atoms with van der Waals surface area (Å²) in [6.45, 7) is 2.44. The Bertz CT molecular complexity index is 279. The van der Waals surface area contributed by atoms with E-state index in [-0.39, 0.29) is 24.4 Å². The van der Waals surface area contributed by atoms with Gasteiger partial charge in [0.15, 0.2) is 0 Å². The van der Waals surface area contributed by atoms with Crippen molar-refractivity contribution in [2.45, 2.75) is 6.04 Å². The third kappa shape index (κ3) is 1.37. The van der Waals surface area contributed by atoms with Gasteiger partial charge in [-0.05, 0) is 7.05 Å². The molecular weight excluding hydrogens is 182 g/mol. The van der Waals surface area contributed by atoms with Gasteiger partial charge in [-0.2, -0.15) is 0 Å². The zero-order valence-electron chi connectivity index (χ0n) is 8.56. The summed E-state index contributed by atoms with van der Waals surface area (Å²) in [5, 5.41) is 0. The third-order valence-electron chi connectivity index (χ3n) is 2.94. The molecular formula is C9H15N3O2. The summed E-state index contributed by atoms with van der Waals surface area (Å²) in [4.78, 5) is 28.7. The number of hydrogen-bond acceptors (Lipinski definition) is 3. The lowest BCUT2D eigenvalue weighted by atomic mass is 10.1. The Labute approximate surface area is 83.2 Å². The average Bonchev–Trinajstić information content (AvgIpc) is 2.14. The van der Waals surface area contributed by atoms with E-state index in [4.69, 9.17) is 0 Å². The van der Waals surface area contributed by atoms with Crippen LogP contribution in [0.15, 0.2) is 0 Å². The summed E-state index contributed by atoms with van der Waals surface area (Å²) in [7, 11) is 3.66. The highest BCUT2D eigenvalue weighted by Crippen LogP contribution is 2.15. The minimum absolute atomic E-state index is 0.0659. The van der Waals surface area contributed by atoms with E-state index in [9.17, 15) is 9.59 Å². The van der Waals surface area contributed by atoms with Gasteiger partial charge in [-0.15, -0.1) is 0 Å². The summed E-state index contributed by atoms with van der Waals surface area (Å²) in [6, 6.07) is -0.250. The summed E-state index contributed by atoms with van der Waals surface area (Å²) in [6.07, 6.45) is 0. The van der Waals surface area contributed by atoms with Crippen LogP contribution in [0.2, 0.25) is 0 Å². The standard InChI is InChI=1S/C9H15N3O2/c1-10-3-4-12-7(5-10)9(14)11(2)6-8(12)13/h7H,3-6H2,1-2H3. The van der Waals surface area contributed by atoms with Crippen molar-refractivity contribution in [1.82, 2.24) is 14.7 Å². The Morgan fingerprint density at radius 3 is 2.64 bits per heavy atom. The van der Waals surface area contributed by atoms with E-state index in [0.717, 1.165) is 6.54 Å². The van der Waals surface area contributed by atoms with Gasteiger partial charge in [-0.1, -0.05) is 0 Å². The third-order valence-corrected chi connectivity index (χ3v) is 2.94. The van der Waals surface area contributed by atoms with Gasteiger partial charge in [0.05, 0.1) is 6.54 Å². The number of hydrogen-bond donors (Lipinski definition) is 0. The molecule has 0 saturated carbocycles. The predicted molar refractivity (Wildman–Crippen MR) is 50.6 cm³/mol. The van der Waals surface area contributed by atoms with Crippen molar-refractivity contribution in [1.29, 1.82) is 0 Å². The Balaban J connectivity index is 2.19. The highest BCUT2D eigenvalue weighted by molar-refractivity contribution is 5.95. The number of nitrogens with zero attached hydrogens (tertiary/aromatic N) is 3. The van der Waals surface area contributed by atoms with Gasteiger partial charge in [0.25, 0.3) is 0 Å². The first-order valence-electron chi connectivity index (χ1n) is 4.82. The minimum Gasteiger partial charge on any atom is -0.335 e. The Morgan fingerprint density at radius 2 is 1.93 bits per heavy atom. The van der Waals surface area contributed by atoms with Gasteiger partial charge in [0.2, 0.25) is 11.8 Å². The number of piperazine rings is 2. The first-order chi connectivity index (χ1) is 6.59. The van der Waals surface area contributed by atoms with E-state index in [0.29, 0.717) is 13.1 Å². The second-order valence-electron chi connectivity index (χ2n) is 4.06. The molecule has 2 aliphatic heterocycles. The molecule has 0 aromatic carbocycles. The second-order valence-corrected chi connectivity index (χ2v) is 4.06. The summed E-state index contributed by atoms with van der Waals surface area (Å²) in [5.41, 5.74) is 0. The maximum absolute atomic E-state index is 11.8. The van der Waals surface area contributed by atoms with Crippen LogP contribution >= 0.6 is 0 Å². The molecule has 0 N–H and O–H groups in total. The molecule has 0 radical (unpaired) electrons. The molecule has 0 aromatic heterocycles. The Kier molecular flexibility index (Phi) is 2.19. The number of carbonyl (C=O) groups is 2. The van der Waals surface area contributed by atoms with Gasteiger partial charge < -0.3 is 14.7 Å². The smallest absolute Gasteiger partial charge is 0.246 e. The van der Waals surface area contributed by atoms with Gasteiger partial charge in [0, 0.05) is 26.7 Å². The molecule has 0 bridgehead atoms. The van der Waals surface area contributed by atoms with E-state index in [1.54, 1.807) is 11.9 Å². The van der Waals surface area contributed by atoms with Gasteiger partial charge in [-0.3, -0.25) is 9.59 Å². The van der Waals surface area contributed by atoms with Crippen LogP contribution in [-0.2, 0) is 9.59 Å². The van der Waals surface area contributed by atoms with Crippen molar-refractivity contribution in [3.05, 3.63) is 0 Å². The van der Waals surface area contributed by atoms with Crippen molar-refractivity contribution in [2.75, 3.05) is 40.3 Å². The Hall–Kier alpha value is -1.10. The Morgan fingerprint density at radius 1 is 1.21 bits per heavy atom. The maximum Gasteiger partial charge on any atom is 0.246 e. The van der Waals surface area contributed by atoms with Gasteiger partial charge in [-0.25, -0.2) is 0 Å². The number of likely N-dealkylation sites (N-methyl/N-ethyl adjacent to an activating group) is 2. The minimum atomic E-state index is -0.250. The molecule has 5 heteroatoms. The molecule has 2 aliphatic rings. The normalized spacial score (nSPS) is 29.4. The molecule has 2 heterocycles. The summed E-state index contributed by atoms with van der Waals surface area (Å²) >= 11 is 0. The number of amides is 2. The van der Waals surface area contributed by atoms with Crippen LogP contribution in [0.25, 0.3) is 0 Å². The molecule has 0 spiro atoms. The molecule has 0 aliphatic carbocycles. The van der Waals surface area contributed by atoms with Crippen molar-refractivity contribution < 1.29 is 9.59 Å². The van der Waals surface area contributed by atoms with E-state index in [1.807, 2.05) is 7.05 Å². The van der Waals surface area contributed by atoms with Crippen LogP contribution in [0.3, 0.4) is 0 Å². The molecule has 1 unspecified atom stereocenters. The molecule has 2 rings (SSSR count). The van der Waals surface area contributed by atoms with Crippen LogP contribution in [0.1, 0.15) is 0 Å². The molecule has 5 nitrogen and oxygen atoms in total. The van der Waals surface area contributed by atoms with E-state index >= 15 is 0 Å². The highest BCUT2D eigenvalue weighted by atomic mass is 16.2. The van der Waals surface area contributed by atoms with Gasteiger partial charge >= 0.3 is 0 Å². The first-order valence-corrected chi connectivity index (χ1v) is 4.82. The fourth-order valence-corrected chi connectivity index (χ4v) is 2.06. The molecule has 2 saturated heterocycles. The summed E-state index contributed by atoms with van der Waals surface area (Å²) < 4.78 is 0. The van der Waals surface area contributed by atoms with Crippen molar-refractivity contribution >= 4 is 11.8 Å². The molecule has 2 fully saturated rings. The molecule has 14 heavy (non-hydrogen) atoms. The first kappa shape index (κ1) is 9.45. The summed E-state index contributed by atoms with van der Waals surface area (Å²) in [5.74, 6) is 0.140. The largest absolute Gasteiger partial charge is 0.335 e. The SMILES string of the molecule is CN1CCN2C(=O)CN(C)C(=O)C2C1. The lowest BCUT2D eigenvalue weighted by molar-refractivity contribution is -0.157. The van der Waals surface area contributed by atoms with Crippen molar-refractivity contribution in [2.24, 2.45) is 0 Å². The monoisotopic (exact) mass is 197 g/mol. The van der Waals surface area contributed by atoms with E-state index in [2.05, 4.69) is 4.90 Å². The molecule has 2 amide bonds. The predicted octanol–water partition coefficient (Wildman–Crippen LogP) is -1.40. The van der Waals surface area contributed by atoms with Crippen LogP contribution in [-0.4, -0.2) is 72.8 Å². The fraction of sp³-hybridized carbons (Fsp3) is 0.778. The number of rotatable bonds is 0. The second kappa shape index (κ2) is 3.24. The lowest BCUT2D eigenvalue weighted by Crippen LogP contribution is -2.65. The van der Waals surface area contributed by atoms with Gasteiger partial charge in [0.1, 0.15) is 6.04 Å².